The lowest BCUT2D eigenvalue weighted by Crippen LogP contribution is -2.53. The molecule has 3 heterocycles. The van der Waals surface area contributed by atoms with Crippen LogP contribution in [0, 0.1) is 11.8 Å². The summed E-state index contributed by atoms with van der Waals surface area (Å²) in [6, 6.07) is 10.1. The van der Waals surface area contributed by atoms with E-state index >= 15 is 0 Å². The van der Waals surface area contributed by atoms with E-state index in [0.717, 1.165) is 18.8 Å². The van der Waals surface area contributed by atoms with Crippen LogP contribution in [0.15, 0.2) is 42.5 Å². The van der Waals surface area contributed by atoms with Crippen LogP contribution in [0.1, 0.15) is 0 Å². The number of anilines is 1. The van der Waals surface area contributed by atoms with Crippen LogP contribution in [-0.2, 0) is 14.3 Å². The Bertz CT molecular complexity index is 667. The summed E-state index contributed by atoms with van der Waals surface area (Å²) in [5.74, 6) is -2.40. The minimum atomic E-state index is -0.951. The molecule has 1 aromatic carbocycles. The van der Waals surface area contributed by atoms with Crippen molar-refractivity contribution in [3.05, 3.63) is 42.5 Å². The SMILES string of the molecule is O=C(O)[C@@H]1[C@@H](C(=O)N2CCN(c3ccccc3)CC2)[C@@H]2C=C[C@H]1O2. The van der Waals surface area contributed by atoms with Crippen LogP contribution >= 0.6 is 0 Å². The lowest BCUT2D eigenvalue weighted by atomic mass is 9.82. The van der Waals surface area contributed by atoms with Gasteiger partial charge in [-0.3, -0.25) is 9.59 Å². The quantitative estimate of drug-likeness (QED) is 0.838. The van der Waals surface area contributed by atoms with Gasteiger partial charge in [-0.2, -0.15) is 0 Å². The Balaban J connectivity index is 1.43. The van der Waals surface area contributed by atoms with Crippen LogP contribution in [0.3, 0.4) is 0 Å². The number of carbonyl (C=O) groups excluding carboxylic acids is 1. The minimum absolute atomic E-state index is 0.0908. The molecule has 2 bridgehead atoms. The monoisotopic (exact) mass is 328 g/mol. The number of ether oxygens (including phenoxy) is 1. The van der Waals surface area contributed by atoms with Crippen molar-refractivity contribution in [2.24, 2.45) is 11.8 Å². The van der Waals surface area contributed by atoms with Gasteiger partial charge in [-0.1, -0.05) is 30.4 Å². The van der Waals surface area contributed by atoms with Gasteiger partial charge in [0.15, 0.2) is 0 Å². The van der Waals surface area contributed by atoms with Gasteiger partial charge in [-0.25, -0.2) is 0 Å². The van der Waals surface area contributed by atoms with Crippen molar-refractivity contribution in [3.63, 3.8) is 0 Å². The smallest absolute Gasteiger partial charge is 0.310 e. The van der Waals surface area contributed by atoms with Crippen LogP contribution in [0.5, 0.6) is 0 Å². The predicted molar refractivity (Wildman–Crippen MR) is 87.7 cm³/mol. The number of rotatable bonds is 3. The van der Waals surface area contributed by atoms with Crippen molar-refractivity contribution in [2.75, 3.05) is 31.1 Å². The summed E-state index contributed by atoms with van der Waals surface area (Å²) in [5, 5.41) is 9.45. The molecule has 1 N–H and O–H groups in total. The number of nitrogens with zero attached hydrogens (tertiary/aromatic N) is 2. The second-order valence-corrected chi connectivity index (χ2v) is 6.49. The second-order valence-electron chi connectivity index (χ2n) is 6.49. The maximum atomic E-state index is 12.9. The zero-order chi connectivity index (χ0) is 16.7. The van der Waals surface area contributed by atoms with Gasteiger partial charge in [0, 0.05) is 31.9 Å². The van der Waals surface area contributed by atoms with E-state index in [1.807, 2.05) is 24.3 Å². The summed E-state index contributed by atoms with van der Waals surface area (Å²) in [6.07, 6.45) is 2.73. The highest BCUT2D eigenvalue weighted by Crippen LogP contribution is 2.40. The van der Waals surface area contributed by atoms with Gasteiger partial charge >= 0.3 is 5.97 Å². The van der Waals surface area contributed by atoms with E-state index in [0.29, 0.717) is 13.1 Å². The molecule has 126 valence electrons. The molecule has 0 radical (unpaired) electrons. The third-order valence-corrected chi connectivity index (χ3v) is 5.18. The third-order valence-electron chi connectivity index (χ3n) is 5.18. The van der Waals surface area contributed by atoms with E-state index < -0.39 is 30.0 Å². The van der Waals surface area contributed by atoms with E-state index in [1.165, 1.54) is 0 Å². The molecular weight excluding hydrogens is 308 g/mol. The molecule has 24 heavy (non-hydrogen) atoms. The molecule has 1 aromatic rings. The van der Waals surface area contributed by atoms with Crippen molar-refractivity contribution >= 4 is 17.6 Å². The van der Waals surface area contributed by atoms with E-state index in [-0.39, 0.29) is 5.91 Å². The van der Waals surface area contributed by atoms with E-state index in [1.54, 1.807) is 11.0 Å². The molecule has 2 fully saturated rings. The van der Waals surface area contributed by atoms with Gasteiger partial charge in [-0.05, 0) is 12.1 Å². The van der Waals surface area contributed by atoms with E-state index in [4.69, 9.17) is 4.74 Å². The Morgan fingerprint density at radius 1 is 0.958 bits per heavy atom. The van der Waals surface area contributed by atoms with Crippen molar-refractivity contribution in [1.29, 1.82) is 0 Å². The molecule has 1 amide bonds. The average molecular weight is 328 g/mol. The Labute approximate surface area is 140 Å². The highest BCUT2D eigenvalue weighted by molar-refractivity contribution is 5.87. The molecule has 0 aromatic heterocycles. The summed E-state index contributed by atoms with van der Waals surface area (Å²) >= 11 is 0. The first-order valence-electron chi connectivity index (χ1n) is 8.30. The topological polar surface area (TPSA) is 70.1 Å². The van der Waals surface area contributed by atoms with Crippen LogP contribution < -0.4 is 4.90 Å². The number of benzene rings is 1. The summed E-state index contributed by atoms with van der Waals surface area (Å²) in [5.41, 5.74) is 1.15. The number of fused-ring (bicyclic) bond motifs is 2. The van der Waals surface area contributed by atoms with Gasteiger partial charge in [0.2, 0.25) is 5.91 Å². The fraction of sp³-hybridized carbons (Fsp3) is 0.444. The summed E-state index contributed by atoms with van der Waals surface area (Å²) < 4.78 is 5.61. The summed E-state index contributed by atoms with van der Waals surface area (Å²) in [4.78, 5) is 28.4. The zero-order valence-corrected chi connectivity index (χ0v) is 13.2. The molecule has 6 heteroatoms. The van der Waals surface area contributed by atoms with Crippen LogP contribution in [0.25, 0.3) is 0 Å². The van der Waals surface area contributed by atoms with Gasteiger partial charge in [-0.15, -0.1) is 0 Å². The second kappa shape index (κ2) is 5.94. The molecule has 0 saturated carbocycles. The number of aliphatic carboxylic acids is 1. The molecule has 6 nitrogen and oxygen atoms in total. The number of para-hydroxylation sites is 1. The van der Waals surface area contributed by atoms with Gasteiger partial charge in [0.25, 0.3) is 0 Å². The van der Waals surface area contributed by atoms with Gasteiger partial charge in [0.1, 0.15) is 5.92 Å². The minimum Gasteiger partial charge on any atom is -0.481 e. The number of hydrogen-bond acceptors (Lipinski definition) is 4. The van der Waals surface area contributed by atoms with Gasteiger partial charge < -0.3 is 19.6 Å². The Kier molecular flexibility index (Phi) is 3.76. The van der Waals surface area contributed by atoms with Crippen LogP contribution in [0.4, 0.5) is 5.69 Å². The summed E-state index contributed by atoms with van der Waals surface area (Å²) in [6.45, 7) is 2.73. The first-order chi connectivity index (χ1) is 11.6. The first-order valence-corrected chi connectivity index (χ1v) is 8.30. The number of carboxylic acid groups (broad SMARTS) is 1. The normalized spacial score (nSPS) is 31.5. The fourth-order valence-electron chi connectivity index (χ4n) is 3.93. The molecular formula is C18H20N2O4. The maximum Gasteiger partial charge on any atom is 0.310 e. The summed E-state index contributed by atoms with van der Waals surface area (Å²) in [7, 11) is 0. The van der Waals surface area contributed by atoms with E-state index in [9.17, 15) is 14.7 Å². The number of carbonyl (C=O) groups is 2. The maximum absolute atomic E-state index is 12.9. The standard InChI is InChI=1S/C18H20N2O4/c21-17(15-13-6-7-14(24-13)16(15)18(22)23)20-10-8-19(9-11-20)12-4-2-1-3-5-12/h1-7,13-16H,8-11H2,(H,22,23)/t13-,14+,15-,16-/m0/s1. The van der Waals surface area contributed by atoms with Crippen molar-refractivity contribution in [1.82, 2.24) is 4.90 Å². The fourth-order valence-corrected chi connectivity index (χ4v) is 3.93. The van der Waals surface area contributed by atoms with E-state index in [2.05, 4.69) is 17.0 Å². The number of carboxylic acids is 1. The molecule has 3 aliphatic heterocycles. The number of amides is 1. The van der Waals surface area contributed by atoms with Crippen molar-refractivity contribution < 1.29 is 19.4 Å². The lowest BCUT2D eigenvalue weighted by Gasteiger charge is -2.38. The average Bonchev–Trinajstić information content (AvgIpc) is 3.23. The highest BCUT2D eigenvalue weighted by atomic mass is 16.5. The highest BCUT2D eigenvalue weighted by Gasteiger charge is 2.54. The number of hydrogen-bond donors (Lipinski definition) is 1. The lowest BCUT2D eigenvalue weighted by molar-refractivity contribution is -0.149. The largest absolute Gasteiger partial charge is 0.481 e. The van der Waals surface area contributed by atoms with Crippen molar-refractivity contribution in [3.8, 4) is 0 Å². The van der Waals surface area contributed by atoms with Gasteiger partial charge in [0.05, 0.1) is 18.1 Å². The Morgan fingerprint density at radius 3 is 2.21 bits per heavy atom. The Hall–Kier alpha value is -2.34. The van der Waals surface area contributed by atoms with Crippen LogP contribution in [0.2, 0.25) is 0 Å². The molecule has 4 rings (SSSR count). The van der Waals surface area contributed by atoms with Crippen LogP contribution in [-0.4, -0.2) is 60.3 Å². The first kappa shape index (κ1) is 15.2. The number of piperazine rings is 1. The molecule has 0 unspecified atom stereocenters. The third kappa shape index (κ3) is 2.47. The molecule has 2 saturated heterocycles. The molecule has 4 atom stereocenters. The zero-order valence-electron chi connectivity index (χ0n) is 13.2. The molecule has 0 aliphatic carbocycles. The predicted octanol–water partition coefficient (Wildman–Crippen LogP) is 0.989. The molecule has 0 spiro atoms. The Morgan fingerprint density at radius 2 is 1.58 bits per heavy atom. The van der Waals surface area contributed by atoms with Crippen molar-refractivity contribution in [2.45, 2.75) is 12.2 Å². The molecule has 3 aliphatic rings.